The van der Waals surface area contributed by atoms with E-state index < -0.39 is 11.6 Å². The first-order chi connectivity index (χ1) is 9.70. The van der Waals surface area contributed by atoms with E-state index in [1.807, 2.05) is 6.92 Å². The van der Waals surface area contributed by atoms with Crippen LogP contribution in [0.15, 0.2) is 18.2 Å². The summed E-state index contributed by atoms with van der Waals surface area (Å²) >= 11 is 0. The van der Waals surface area contributed by atoms with Crippen LogP contribution in [0.3, 0.4) is 0 Å². The van der Waals surface area contributed by atoms with E-state index in [0.29, 0.717) is 11.7 Å². The average molecular weight is 283 g/mol. The van der Waals surface area contributed by atoms with Gasteiger partial charge in [0.25, 0.3) is 0 Å². The number of benzene rings is 1. The van der Waals surface area contributed by atoms with Crippen LogP contribution in [-0.4, -0.2) is 19.3 Å². The molecule has 0 aromatic heterocycles. The van der Waals surface area contributed by atoms with Gasteiger partial charge in [-0.25, -0.2) is 8.78 Å². The minimum Gasteiger partial charge on any atom is -0.378 e. The van der Waals surface area contributed by atoms with Gasteiger partial charge in [0.2, 0.25) is 0 Å². The molecular formula is C16H23F2NO. The van der Waals surface area contributed by atoms with Crippen molar-refractivity contribution in [2.75, 3.05) is 13.2 Å². The molecular weight excluding hydrogens is 260 g/mol. The summed E-state index contributed by atoms with van der Waals surface area (Å²) in [6, 6.07) is 3.77. The normalized spacial score (nSPS) is 20.2. The van der Waals surface area contributed by atoms with Crippen molar-refractivity contribution in [1.82, 2.24) is 5.32 Å². The standard InChI is InChI=1S/C16H23F2NO/c1-2-19-16(7-3-5-13-6-4-10-20-13)14-9-8-12(17)11-15(14)18/h8-9,11,13,16,19H,2-7,10H2,1H3. The Bertz CT molecular complexity index is 419. The minimum absolute atomic E-state index is 0.0537. The summed E-state index contributed by atoms with van der Waals surface area (Å²) in [6.07, 6.45) is 5.50. The molecule has 1 aromatic rings. The third kappa shape index (κ3) is 4.25. The molecule has 1 saturated heterocycles. The van der Waals surface area contributed by atoms with Crippen molar-refractivity contribution >= 4 is 0 Å². The van der Waals surface area contributed by atoms with Crippen molar-refractivity contribution in [1.29, 1.82) is 0 Å². The quantitative estimate of drug-likeness (QED) is 0.817. The highest BCUT2D eigenvalue weighted by molar-refractivity contribution is 5.22. The lowest BCUT2D eigenvalue weighted by Gasteiger charge is -2.20. The Morgan fingerprint density at radius 1 is 1.40 bits per heavy atom. The van der Waals surface area contributed by atoms with Gasteiger partial charge in [-0.05, 0) is 44.7 Å². The van der Waals surface area contributed by atoms with E-state index in [-0.39, 0.29) is 6.04 Å². The van der Waals surface area contributed by atoms with Crippen LogP contribution >= 0.6 is 0 Å². The van der Waals surface area contributed by atoms with E-state index in [2.05, 4.69) is 5.32 Å². The largest absolute Gasteiger partial charge is 0.378 e. The van der Waals surface area contributed by atoms with E-state index in [0.717, 1.165) is 51.3 Å². The number of ether oxygens (including phenoxy) is 1. The molecule has 0 radical (unpaired) electrons. The summed E-state index contributed by atoms with van der Waals surface area (Å²) < 4.78 is 32.4. The highest BCUT2D eigenvalue weighted by Gasteiger charge is 2.18. The highest BCUT2D eigenvalue weighted by Crippen LogP contribution is 2.25. The molecule has 112 valence electrons. The Morgan fingerprint density at radius 2 is 2.25 bits per heavy atom. The van der Waals surface area contributed by atoms with Crippen molar-refractivity contribution in [2.45, 2.75) is 51.2 Å². The molecule has 0 bridgehead atoms. The van der Waals surface area contributed by atoms with Crippen LogP contribution in [0.1, 0.15) is 50.6 Å². The summed E-state index contributed by atoms with van der Waals surface area (Å²) in [5.74, 6) is -0.992. The molecule has 2 unspecified atom stereocenters. The molecule has 0 saturated carbocycles. The summed E-state index contributed by atoms with van der Waals surface area (Å²) in [5, 5.41) is 3.28. The fraction of sp³-hybridized carbons (Fsp3) is 0.625. The van der Waals surface area contributed by atoms with Crippen LogP contribution in [-0.2, 0) is 4.74 Å². The van der Waals surface area contributed by atoms with Crippen LogP contribution in [0.5, 0.6) is 0 Å². The number of halogens is 2. The summed E-state index contributed by atoms with van der Waals surface area (Å²) in [4.78, 5) is 0. The third-order valence-corrected chi connectivity index (χ3v) is 3.83. The maximum Gasteiger partial charge on any atom is 0.130 e. The molecule has 1 N–H and O–H groups in total. The number of rotatable bonds is 7. The SMILES string of the molecule is CCNC(CCCC1CCCO1)c1ccc(F)cc1F. The van der Waals surface area contributed by atoms with Crippen LogP contribution in [0, 0.1) is 11.6 Å². The second-order valence-corrected chi connectivity index (χ2v) is 5.34. The lowest BCUT2D eigenvalue weighted by atomic mass is 9.98. The molecule has 1 aliphatic rings. The monoisotopic (exact) mass is 283 g/mol. The molecule has 0 aliphatic carbocycles. The lowest BCUT2D eigenvalue weighted by Crippen LogP contribution is -2.22. The smallest absolute Gasteiger partial charge is 0.130 e. The molecule has 4 heteroatoms. The topological polar surface area (TPSA) is 21.3 Å². The summed E-state index contributed by atoms with van der Waals surface area (Å²) in [5.41, 5.74) is 0.556. The fourth-order valence-corrected chi connectivity index (χ4v) is 2.82. The van der Waals surface area contributed by atoms with E-state index in [1.165, 1.54) is 6.07 Å². The van der Waals surface area contributed by atoms with Gasteiger partial charge in [0.05, 0.1) is 6.10 Å². The molecule has 2 nitrogen and oxygen atoms in total. The van der Waals surface area contributed by atoms with E-state index in [4.69, 9.17) is 4.74 Å². The molecule has 1 heterocycles. The molecule has 0 amide bonds. The van der Waals surface area contributed by atoms with Gasteiger partial charge in [-0.2, -0.15) is 0 Å². The Kier molecular flexibility index (Phi) is 5.92. The van der Waals surface area contributed by atoms with Gasteiger partial charge in [-0.3, -0.25) is 0 Å². The minimum atomic E-state index is -0.527. The van der Waals surface area contributed by atoms with Crippen molar-refractivity contribution in [3.63, 3.8) is 0 Å². The Morgan fingerprint density at radius 3 is 2.90 bits per heavy atom. The molecule has 1 aromatic carbocycles. The first-order valence-electron chi connectivity index (χ1n) is 7.50. The van der Waals surface area contributed by atoms with Crippen molar-refractivity contribution in [3.05, 3.63) is 35.4 Å². The summed E-state index contributed by atoms with van der Waals surface area (Å²) in [7, 11) is 0. The van der Waals surface area contributed by atoms with Crippen LogP contribution in [0.4, 0.5) is 8.78 Å². The van der Waals surface area contributed by atoms with Crippen LogP contribution in [0.25, 0.3) is 0 Å². The van der Waals surface area contributed by atoms with Gasteiger partial charge in [0.15, 0.2) is 0 Å². The maximum absolute atomic E-state index is 13.8. The van der Waals surface area contributed by atoms with E-state index >= 15 is 0 Å². The Balaban J connectivity index is 1.91. The van der Waals surface area contributed by atoms with Gasteiger partial charge >= 0.3 is 0 Å². The second kappa shape index (κ2) is 7.70. The zero-order valence-electron chi connectivity index (χ0n) is 12.0. The average Bonchev–Trinajstić information content (AvgIpc) is 2.91. The molecule has 1 fully saturated rings. The van der Waals surface area contributed by atoms with Gasteiger partial charge in [0, 0.05) is 24.3 Å². The van der Waals surface area contributed by atoms with Gasteiger partial charge in [0.1, 0.15) is 11.6 Å². The second-order valence-electron chi connectivity index (χ2n) is 5.34. The van der Waals surface area contributed by atoms with Crippen molar-refractivity contribution in [2.24, 2.45) is 0 Å². The summed E-state index contributed by atoms with van der Waals surface area (Å²) in [6.45, 7) is 3.63. The number of nitrogens with one attached hydrogen (secondary N) is 1. The lowest BCUT2D eigenvalue weighted by molar-refractivity contribution is 0.101. The van der Waals surface area contributed by atoms with Gasteiger partial charge in [-0.1, -0.05) is 13.0 Å². The zero-order valence-corrected chi connectivity index (χ0v) is 12.0. The molecule has 1 aliphatic heterocycles. The predicted octanol–water partition coefficient (Wildman–Crippen LogP) is 3.96. The van der Waals surface area contributed by atoms with Crippen LogP contribution in [0.2, 0.25) is 0 Å². The molecule has 0 spiro atoms. The number of hydrogen-bond donors (Lipinski definition) is 1. The molecule has 2 rings (SSSR count). The van der Waals surface area contributed by atoms with Crippen LogP contribution < -0.4 is 5.32 Å². The first kappa shape index (κ1) is 15.4. The van der Waals surface area contributed by atoms with Gasteiger partial charge < -0.3 is 10.1 Å². The maximum atomic E-state index is 13.8. The first-order valence-corrected chi connectivity index (χ1v) is 7.50. The predicted molar refractivity (Wildman–Crippen MR) is 75.6 cm³/mol. The van der Waals surface area contributed by atoms with Crippen molar-refractivity contribution in [3.8, 4) is 0 Å². The van der Waals surface area contributed by atoms with Crippen molar-refractivity contribution < 1.29 is 13.5 Å². The zero-order chi connectivity index (χ0) is 14.4. The Hall–Kier alpha value is -1.00. The highest BCUT2D eigenvalue weighted by atomic mass is 19.1. The van der Waals surface area contributed by atoms with Gasteiger partial charge in [-0.15, -0.1) is 0 Å². The van der Waals surface area contributed by atoms with E-state index in [1.54, 1.807) is 6.07 Å². The molecule has 20 heavy (non-hydrogen) atoms. The number of hydrogen-bond acceptors (Lipinski definition) is 2. The molecule has 2 atom stereocenters. The van der Waals surface area contributed by atoms with E-state index in [9.17, 15) is 8.78 Å². The Labute approximate surface area is 119 Å². The third-order valence-electron chi connectivity index (χ3n) is 3.83. The fourth-order valence-electron chi connectivity index (χ4n) is 2.82.